The van der Waals surface area contributed by atoms with Crippen molar-refractivity contribution >= 4 is 10.0 Å². The fraction of sp³-hybridized carbons (Fsp3) is 0.294. The lowest BCUT2D eigenvalue weighted by Crippen LogP contribution is -2.23. The first-order valence-corrected chi connectivity index (χ1v) is 8.69. The number of hydrogen-bond acceptors (Lipinski definition) is 3. The molecule has 2 N–H and O–H groups in total. The minimum Gasteiger partial charge on any atom is -0.326 e. The summed E-state index contributed by atoms with van der Waals surface area (Å²) in [5.41, 5.74) is 9.59. The lowest BCUT2D eigenvalue weighted by molar-refractivity contribution is 0.521. The predicted octanol–water partition coefficient (Wildman–Crippen LogP) is 2.62. The highest BCUT2D eigenvalue weighted by Gasteiger charge is 2.22. The van der Waals surface area contributed by atoms with Crippen LogP contribution in [-0.4, -0.2) is 26.8 Å². The summed E-state index contributed by atoms with van der Waals surface area (Å²) >= 11 is 0. The Bertz CT molecular complexity index is 768. The van der Waals surface area contributed by atoms with Crippen LogP contribution in [0, 0.1) is 0 Å². The van der Waals surface area contributed by atoms with Gasteiger partial charge in [-0.1, -0.05) is 43.3 Å². The predicted molar refractivity (Wildman–Crippen MR) is 90.0 cm³/mol. The van der Waals surface area contributed by atoms with Gasteiger partial charge in [0.15, 0.2) is 0 Å². The molecular weight excluding hydrogens is 296 g/mol. The smallest absolute Gasteiger partial charge is 0.243 e. The second kappa shape index (κ2) is 6.60. The maximum absolute atomic E-state index is 12.5. The highest BCUT2D eigenvalue weighted by atomic mass is 32.2. The molecule has 2 aromatic carbocycles. The van der Waals surface area contributed by atoms with E-state index in [1.54, 1.807) is 12.1 Å². The lowest BCUT2D eigenvalue weighted by atomic mass is 9.97. The van der Waals surface area contributed by atoms with Gasteiger partial charge in [0.1, 0.15) is 0 Å². The van der Waals surface area contributed by atoms with E-state index in [-0.39, 0.29) is 0 Å². The Hall–Kier alpha value is -1.69. The number of nitrogens with two attached hydrogens (primary N) is 1. The molecule has 4 nitrogen and oxygen atoms in total. The van der Waals surface area contributed by atoms with E-state index in [1.165, 1.54) is 24.0 Å². The largest absolute Gasteiger partial charge is 0.326 e. The van der Waals surface area contributed by atoms with Crippen molar-refractivity contribution in [2.24, 2.45) is 5.73 Å². The van der Waals surface area contributed by atoms with E-state index in [1.807, 2.05) is 30.3 Å². The number of nitrogens with zero attached hydrogens (tertiary/aromatic N) is 1. The van der Waals surface area contributed by atoms with Gasteiger partial charge >= 0.3 is 0 Å². The fourth-order valence-electron chi connectivity index (χ4n) is 2.41. The Balaban J connectivity index is 2.70. The summed E-state index contributed by atoms with van der Waals surface area (Å²) in [6, 6.07) is 13.1. The van der Waals surface area contributed by atoms with Crippen LogP contribution in [0.2, 0.25) is 0 Å². The molecule has 0 saturated carbocycles. The second-order valence-electron chi connectivity index (χ2n) is 5.33. The van der Waals surface area contributed by atoms with Crippen LogP contribution in [0.1, 0.15) is 18.1 Å². The summed E-state index contributed by atoms with van der Waals surface area (Å²) in [6.07, 6.45) is 0.922. The third-order valence-electron chi connectivity index (χ3n) is 3.73. The summed E-state index contributed by atoms with van der Waals surface area (Å²) in [5, 5.41) is 0. The SMILES string of the molecule is CCc1ccc(-c2ccccc2S(=O)(=O)N(C)C)c(CN)c1. The van der Waals surface area contributed by atoms with Crippen LogP contribution in [0.5, 0.6) is 0 Å². The minimum atomic E-state index is -3.50. The van der Waals surface area contributed by atoms with Gasteiger partial charge in [0.25, 0.3) is 0 Å². The summed E-state index contributed by atoms with van der Waals surface area (Å²) in [6.45, 7) is 2.46. The molecule has 5 heteroatoms. The van der Waals surface area contributed by atoms with E-state index in [9.17, 15) is 8.42 Å². The standard InChI is InChI=1S/C17H22N2O2S/c1-4-13-9-10-15(14(11-13)12-18)16-7-5-6-8-17(16)22(20,21)19(2)3/h5-11H,4,12,18H2,1-3H3. The zero-order valence-corrected chi connectivity index (χ0v) is 14.0. The summed E-state index contributed by atoms with van der Waals surface area (Å²) in [7, 11) is -0.428. The van der Waals surface area contributed by atoms with Gasteiger partial charge in [0.2, 0.25) is 10.0 Å². The molecule has 0 aliphatic rings. The van der Waals surface area contributed by atoms with Gasteiger partial charge in [-0.3, -0.25) is 0 Å². The zero-order chi connectivity index (χ0) is 16.3. The Morgan fingerprint density at radius 1 is 1.05 bits per heavy atom. The van der Waals surface area contributed by atoms with Crippen molar-refractivity contribution in [1.82, 2.24) is 4.31 Å². The second-order valence-corrected chi connectivity index (χ2v) is 7.45. The first-order chi connectivity index (χ1) is 10.4. The quantitative estimate of drug-likeness (QED) is 0.922. The summed E-state index contributed by atoms with van der Waals surface area (Å²) in [4.78, 5) is 0.305. The average Bonchev–Trinajstić information content (AvgIpc) is 2.54. The van der Waals surface area contributed by atoms with Gasteiger partial charge in [0.05, 0.1) is 4.90 Å². The number of hydrogen-bond donors (Lipinski definition) is 1. The third kappa shape index (κ3) is 3.06. The van der Waals surface area contributed by atoms with Crippen molar-refractivity contribution in [3.8, 4) is 11.1 Å². The lowest BCUT2D eigenvalue weighted by Gasteiger charge is -2.17. The summed E-state index contributed by atoms with van der Waals surface area (Å²) in [5.74, 6) is 0. The molecule has 2 aromatic rings. The molecule has 0 aromatic heterocycles. The zero-order valence-electron chi connectivity index (χ0n) is 13.2. The van der Waals surface area contributed by atoms with Crippen LogP contribution < -0.4 is 5.73 Å². The number of sulfonamides is 1. The maximum Gasteiger partial charge on any atom is 0.243 e. The number of benzene rings is 2. The fourth-order valence-corrected chi connectivity index (χ4v) is 3.51. The van der Waals surface area contributed by atoms with Crippen molar-refractivity contribution in [3.05, 3.63) is 53.6 Å². The van der Waals surface area contributed by atoms with Crippen molar-refractivity contribution in [3.63, 3.8) is 0 Å². The number of aryl methyl sites for hydroxylation is 1. The van der Waals surface area contributed by atoms with Crippen molar-refractivity contribution in [2.75, 3.05) is 14.1 Å². The van der Waals surface area contributed by atoms with E-state index in [4.69, 9.17) is 5.73 Å². The van der Waals surface area contributed by atoms with E-state index in [0.717, 1.165) is 17.5 Å². The van der Waals surface area contributed by atoms with Gasteiger partial charge in [0, 0.05) is 26.2 Å². The van der Waals surface area contributed by atoms with E-state index < -0.39 is 10.0 Å². The van der Waals surface area contributed by atoms with Crippen LogP contribution in [-0.2, 0) is 23.0 Å². The van der Waals surface area contributed by atoms with Crippen LogP contribution in [0.25, 0.3) is 11.1 Å². The van der Waals surface area contributed by atoms with Crippen LogP contribution in [0.4, 0.5) is 0 Å². The minimum absolute atomic E-state index is 0.305. The molecular formula is C17H22N2O2S. The van der Waals surface area contributed by atoms with Gasteiger partial charge in [-0.25, -0.2) is 12.7 Å². The van der Waals surface area contributed by atoms with E-state index in [2.05, 4.69) is 6.92 Å². The first-order valence-electron chi connectivity index (χ1n) is 7.25. The molecule has 0 spiro atoms. The highest BCUT2D eigenvalue weighted by Crippen LogP contribution is 2.31. The third-order valence-corrected chi connectivity index (χ3v) is 5.61. The summed E-state index contributed by atoms with van der Waals surface area (Å²) < 4.78 is 26.3. The molecule has 0 atom stereocenters. The molecule has 22 heavy (non-hydrogen) atoms. The molecule has 0 radical (unpaired) electrons. The molecule has 0 amide bonds. The van der Waals surface area contributed by atoms with Crippen molar-refractivity contribution in [2.45, 2.75) is 24.8 Å². The topological polar surface area (TPSA) is 63.4 Å². The Morgan fingerprint density at radius 2 is 1.73 bits per heavy atom. The van der Waals surface area contributed by atoms with E-state index >= 15 is 0 Å². The van der Waals surface area contributed by atoms with Gasteiger partial charge < -0.3 is 5.73 Å². The highest BCUT2D eigenvalue weighted by molar-refractivity contribution is 7.89. The van der Waals surface area contributed by atoms with Gasteiger partial charge in [-0.15, -0.1) is 0 Å². The Morgan fingerprint density at radius 3 is 2.32 bits per heavy atom. The van der Waals surface area contributed by atoms with Crippen molar-refractivity contribution in [1.29, 1.82) is 0 Å². The Labute approximate surface area is 132 Å². The molecule has 0 unspecified atom stereocenters. The normalized spacial score (nSPS) is 11.9. The van der Waals surface area contributed by atoms with Crippen LogP contribution in [0.3, 0.4) is 0 Å². The molecule has 0 aliphatic heterocycles. The van der Waals surface area contributed by atoms with Crippen LogP contribution >= 0.6 is 0 Å². The molecule has 0 heterocycles. The number of rotatable bonds is 5. The molecule has 118 valence electrons. The monoisotopic (exact) mass is 318 g/mol. The molecule has 0 aliphatic carbocycles. The van der Waals surface area contributed by atoms with Crippen LogP contribution in [0.15, 0.2) is 47.4 Å². The average molecular weight is 318 g/mol. The maximum atomic E-state index is 12.5. The first kappa shape index (κ1) is 16.7. The van der Waals surface area contributed by atoms with E-state index in [0.29, 0.717) is 17.0 Å². The molecule has 0 saturated heterocycles. The molecule has 2 rings (SSSR count). The van der Waals surface area contributed by atoms with Crippen molar-refractivity contribution < 1.29 is 8.42 Å². The molecule has 0 bridgehead atoms. The molecule has 0 fully saturated rings. The van der Waals surface area contributed by atoms with Gasteiger partial charge in [-0.2, -0.15) is 0 Å². The Kier molecular flexibility index (Phi) is 5.01. The van der Waals surface area contributed by atoms with Gasteiger partial charge in [-0.05, 0) is 29.2 Å².